The number of hydrogen-bond acceptors (Lipinski definition) is 2. The highest BCUT2D eigenvalue weighted by Crippen LogP contribution is 2.59. The van der Waals surface area contributed by atoms with Crippen LogP contribution in [0.3, 0.4) is 0 Å². The minimum Gasteiger partial charge on any atom is -0.316 e. The summed E-state index contributed by atoms with van der Waals surface area (Å²) in [5.41, 5.74) is 2.43. The summed E-state index contributed by atoms with van der Waals surface area (Å²) in [6, 6.07) is 0.617. The number of nitrogens with zero attached hydrogens (tertiary/aromatic N) is 2. The summed E-state index contributed by atoms with van der Waals surface area (Å²) in [5, 5.41) is 8.03. The van der Waals surface area contributed by atoms with E-state index in [-0.39, 0.29) is 0 Å². The van der Waals surface area contributed by atoms with Crippen molar-refractivity contribution in [1.29, 1.82) is 0 Å². The number of likely N-dealkylation sites (N-methyl/N-ethyl adjacent to an activating group) is 1. The zero-order valence-corrected chi connectivity index (χ0v) is 13.0. The highest BCUT2D eigenvalue weighted by molar-refractivity contribution is 9.10. The van der Waals surface area contributed by atoms with Gasteiger partial charge in [0.25, 0.3) is 0 Å². The minimum atomic E-state index is 0.617. The molecule has 2 fully saturated rings. The lowest BCUT2D eigenvalue weighted by molar-refractivity contribution is 0.419. The van der Waals surface area contributed by atoms with Crippen LogP contribution in [0.4, 0.5) is 0 Å². The summed E-state index contributed by atoms with van der Waals surface area (Å²) in [7, 11) is 4.16. The van der Waals surface area contributed by atoms with Crippen molar-refractivity contribution in [3.8, 4) is 0 Å². The van der Waals surface area contributed by atoms with E-state index in [1.54, 1.807) is 0 Å². The molecule has 3 rings (SSSR count). The summed E-state index contributed by atoms with van der Waals surface area (Å²) in [6.45, 7) is 2.06. The van der Waals surface area contributed by atoms with Gasteiger partial charge in [0.1, 0.15) is 0 Å². The maximum atomic E-state index is 4.49. The molecule has 0 spiro atoms. The van der Waals surface area contributed by atoms with Crippen molar-refractivity contribution in [3.63, 3.8) is 0 Å². The molecule has 1 aromatic rings. The van der Waals surface area contributed by atoms with Crippen LogP contribution in [-0.4, -0.2) is 22.9 Å². The van der Waals surface area contributed by atoms with Gasteiger partial charge in [-0.3, -0.25) is 4.68 Å². The topological polar surface area (TPSA) is 29.9 Å². The third kappa shape index (κ3) is 1.94. The molecule has 1 heterocycles. The third-order valence-electron chi connectivity index (χ3n) is 4.98. The van der Waals surface area contributed by atoms with Gasteiger partial charge in [-0.1, -0.05) is 6.42 Å². The van der Waals surface area contributed by atoms with E-state index in [1.807, 2.05) is 11.7 Å². The molecule has 1 aromatic heterocycles. The van der Waals surface area contributed by atoms with E-state index in [9.17, 15) is 0 Å². The average molecular weight is 312 g/mol. The number of nitrogens with one attached hydrogen (secondary N) is 1. The Balaban J connectivity index is 1.74. The van der Waals surface area contributed by atoms with E-state index in [4.69, 9.17) is 0 Å². The molecule has 0 bridgehead atoms. The van der Waals surface area contributed by atoms with Gasteiger partial charge in [-0.05, 0) is 60.5 Å². The lowest BCUT2D eigenvalue weighted by atomic mass is 10.00. The maximum absolute atomic E-state index is 4.49. The van der Waals surface area contributed by atoms with Crippen LogP contribution in [0.25, 0.3) is 0 Å². The standard InChI is InChI=1S/C14H22BrN3/c1-8-14(15)12(18(3)17-8)7-11(16-2)13-9-5-4-6-10(9)13/h9-11,13,16H,4-7H2,1-3H3. The zero-order chi connectivity index (χ0) is 12.9. The second-order valence-electron chi connectivity index (χ2n) is 5.90. The first-order valence-electron chi connectivity index (χ1n) is 6.98. The van der Waals surface area contributed by atoms with Crippen LogP contribution in [0.15, 0.2) is 4.47 Å². The first-order chi connectivity index (χ1) is 8.63. The SMILES string of the molecule is CNC(Cc1c(Br)c(C)nn1C)C1C2CCCC21. The average Bonchev–Trinajstić information content (AvgIpc) is 2.72. The summed E-state index contributed by atoms with van der Waals surface area (Å²) in [5.74, 6) is 2.93. The van der Waals surface area contributed by atoms with E-state index < -0.39 is 0 Å². The summed E-state index contributed by atoms with van der Waals surface area (Å²) >= 11 is 3.68. The van der Waals surface area contributed by atoms with Crippen LogP contribution in [-0.2, 0) is 13.5 Å². The highest BCUT2D eigenvalue weighted by atomic mass is 79.9. The second-order valence-corrected chi connectivity index (χ2v) is 6.70. The van der Waals surface area contributed by atoms with Gasteiger partial charge in [-0.15, -0.1) is 0 Å². The number of halogens is 1. The Morgan fingerprint density at radius 2 is 2.11 bits per heavy atom. The molecule has 2 saturated carbocycles. The summed E-state index contributed by atoms with van der Waals surface area (Å²) < 4.78 is 3.22. The Kier molecular flexibility index (Phi) is 3.27. The van der Waals surface area contributed by atoms with Gasteiger partial charge in [0.15, 0.2) is 0 Å². The normalized spacial score (nSPS) is 31.4. The fraction of sp³-hybridized carbons (Fsp3) is 0.786. The molecular weight excluding hydrogens is 290 g/mol. The first kappa shape index (κ1) is 12.7. The Morgan fingerprint density at radius 3 is 2.61 bits per heavy atom. The van der Waals surface area contributed by atoms with Crippen molar-refractivity contribution in [2.75, 3.05) is 7.05 Å². The molecule has 0 aromatic carbocycles. The molecule has 0 saturated heterocycles. The predicted molar refractivity (Wildman–Crippen MR) is 76.5 cm³/mol. The number of fused-ring (bicyclic) bond motifs is 1. The number of aromatic nitrogens is 2. The van der Waals surface area contributed by atoms with E-state index in [0.29, 0.717) is 6.04 Å². The van der Waals surface area contributed by atoms with Crippen molar-refractivity contribution >= 4 is 15.9 Å². The fourth-order valence-electron chi connectivity index (χ4n) is 4.01. The highest BCUT2D eigenvalue weighted by Gasteiger charge is 2.55. The van der Waals surface area contributed by atoms with Gasteiger partial charge >= 0.3 is 0 Å². The molecule has 3 unspecified atom stereocenters. The fourth-order valence-corrected chi connectivity index (χ4v) is 4.51. The van der Waals surface area contributed by atoms with Gasteiger partial charge in [0.05, 0.1) is 15.9 Å². The molecule has 4 heteroatoms. The van der Waals surface area contributed by atoms with Crippen LogP contribution in [0.1, 0.15) is 30.7 Å². The smallest absolute Gasteiger partial charge is 0.0738 e. The zero-order valence-electron chi connectivity index (χ0n) is 11.4. The van der Waals surface area contributed by atoms with Crippen molar-refractivity contribution < 1.29 is 0 Å². The molecule has 18 heavy (non-hydrogen) atoms. The molecule has 100 valence electrons. The number of hydrogen-bond donors (Lipinski definition) is 1. The Hall–Kier alpha value is -0.350. The van der Waals surface area contributed by atoms with Gasteiger partial charge in [-0.2, -0.15) is 5.10 Å². The molecule has 2 aliphatic rings. The van der Waals surface area contributed by atoms with Crippen LogP contribution < -0.4 is 5.32 Å². The predicted octanol–water partition coefficient (Wildman–Crippen LogP) is 2.67. The van der Waals surface area contributed by atoms with Crippen LogP contribution in [0.5, 0.6) is 0 Å². The molecule has 1 N–H and O–H groups in total. The van der Waals surface area contributed by atoms with Crippen molar-refractivity contribution in [3.05, 3.63) is 15.9 Å². The lowest BCUT2D eigenvalue weighted by Crippen LogP contribution is -2.32. The van der Waals surface area contributed by atoms with Crippen LogP contribution in [0, 0.1) is 24.7 Å². The number of rotatable bonds is 4. The number of aryl methyl sites for hydroxylation is 2. The largest absolute Gasteiger partial charge is 0.316 e. The second kappa shape index (κ2) is 4.64. The van der Waals surface area contributed by atoms with E-state index in [0.717, 1.165) is 29.9 Å². The van der Waals surface area contributed by atoms with Gasteiger partial charge in [-0.25, -0.2) is 0 Å². The molecule has 0 amide bonds. The Labute approximate surface area is 117 Å². The van der Waals surface area contributed by atoms with Crippen molar-refractivity contribution in [2.45, 2.75) is 38.6 Å². The molecular formula is C14H22BrN3. The van der Waals surface area contributed by atoms with E-state index >= 15 is 0 Å². The lowest BCUT2D eigenvalue weighted by Gasteiger charge is -2.18. The Bertz CT molecular complexity index is 444. The van der Waals surface area contributed by atoms with E-state index in [2.05, 4.69) is 40.3 Å². The third-order valence-corrected chi connectivity index (χ3v) is 6.01. The molecule has 3 nitrogen and oxygen atoms in total. The first-order valence-corrected chi connectivity index (χ1v) is 7.78. The minimum absolute atomic E-state index is 0.617. The van der Waals surface area contributed by atoms with Gasteiger partial charge in [0, 0.05) is 19.5 Å². The maximum Gasteiger partial charge on any atom is 0.0738 e. The Morgan fingerprint density at radius 1 is 1.44 bits per heavy atom. The van der Waals surface area contributed by atoms with Gasteiger partial charge in [0.2, 0.25) is 0 Å². The monoisotopic (exact) mass is 311 g/mol. The van der Waals surface area contributed by atoms with E-state index in [1.165, 1.54) is 29.4 Å². The molecule has 0 aliphatic heterocycles. The molecule has 2 aliphatic carbocycles. The quantitative estimate of drug-likeness (QED) is 0.926. The molecule has 3 atom stereocenters. The van der Waals surface area contributed by atoms with Crippen LogP contribution in [0.2, 0.25) is 0 Å². The molecule has 0 radical (unpaired) electrons. The van der Waals surface area contributed by atoms with Crippen molar-refractivity contribution in [1.82, 2.24) is 15.1 Å². The summed E-state index contributed by atoms with van der Waals surface area (Å²) in [4.78, 5) is 0. The summed E-state index contributed by atoms with van der Waals surface area (Å²) in [6.07, 6.45) is 5.46. The van der Waals surface area contributed by atoms with Crippen molar-refractivity contribution in [2.24, 2.45) is 24.8 Å². The van der Waals surface area contributed by atoms with Gasteiger partial charge < -0.3 is 5.32 Å². The van der Waals surface area contributed by atoms with Crippen LogP contribution >= 0.6 is 15.9 Å².